The minimum Gasteiger partial charge on any atom is -0.360 e. The van der Waals surface area contributed by atoms with Crippen molar-refractivity contribution in [2.45, 2.75) is 45.5 Å². The van der Waals surface area contributed by atoms with Gasteiger partial charge >= 0.3 is 0 Å². The Kier molecular flexibility index (Phi) is 6.62. The maximum Gasteiger partial charge on any atom is 0.0996 e. The van der Waals surface area contributed by atoms with Crippen molar-refractivity contribution in [3.05, 3.63) is 71.8 Å². The van der Waals surface area contributed by atoms with Gasteiger partial charge in [-0.1, -0.05) is 67.6 Å². The van der Waals surface area contributed by atoms with E-state index in [0.29, 0.717) is 6.04 Å². The second-order valence-electron chi connectivity index (χ2n) is 7.03. The molecule has 0 bridgehead atoms. The lowest BCUT2D eigenvalue weighted by molar-refractivity contribution is 0.0226. The number of hydrogen-bond donors (Lipinski definition) is 0. The quantitative estimate of drug-likeness (QED) is 0.719. The van der Waals surface area contributed by atoms with Gasteiger partial charge in [0.15, 0.2) is 0 Å². The Labute approximate surface area is 152 Å². The molecule has 0 unspecified atom stereocenters. The van der Waals surface area contributed by atoms with Crippen molar-refractivity contribution in [3.8, 4) is 0 Å². The first kappa shape index (κ1) is 18.1. The fraction of sp³-hybridized carbons (Fsp3) is 0.455. The van der Waals surface area contributed by atoms with E-state index in [-0.39, 0.29) is 6.10 Å². The lowest BCUT2D eigenvalue weighted by atomic mass is 10.1. The van der Waals surface area contributed by atoms with Crippen LogP contribution in [-0.2, 0) is 17.8 Å². The van der Waals surface area contributed by atoms with Crippen molar-refractivity contribution in [2.24, 2.45) is 0 Å². The van der Waals surface area contributed by atoms with Crippen LogP contribution >= 0.6 is 0 Å². The molecule has 3 rings (SSSR count). The summed E-state index contributed by atoms with van der Waals surface area (Å²) >= 11 is 0. The summed E-state index contributed by atoms with van der Waals surface area (Å²) in [7, 11) is 0. The van der Waals surface area contributed by atoms with Crippen LogP contribution in [0.1, 0.15) is 31.4 Å². The molecule has 1 heterocycles. The Bertz CT molecular complexity index is 575. The monoisotopic (exact) mass is 338 g/mol. The minimum atomic E-state index is 0.277. The molecule has 0 aliphatic carbocycles. The Hall–Kier alpha value is -1.68. The Balaban J connectivity index is 1.71. The summed E-state index contributed by atoms with van der Waals surface area (Å²) in [6.07, 6.45) is 1.46. The van der Waals surface area contributed by atoms with Crippen LogP contribution in [0.2, 0.25) is 0 Å². The van der Waals surface area contributed by atoms with Crippen molar-refractivity contribution in [1.82, 2.24) is 9.80 Å². The van der Waals surface area contributed by atoms with Gasteiger partial charge in [0, 0.05) is 32.2 Å². The summed E-state index contributed by atoms with van der Waals surface area (Å²) in [6.45, 7) is 9.37. The van der Waals surface area contributed by atoms with Gasteiger partial charge in [0.2, 0.25) is 0 Å². The maximum atomic E-state index is 6.12. The normalized spacial score (nSPS) is 19.4. The lowest BCUT2D eigenvalue weighted by Crippen LogP contribution is -2.42. The zero-order chi connectivity index (χ0) is 17.5. The van der Waals surface area contributed by atoms with E-state index in [1.807, 2.05) is 0 Å². The predicted octanol–water partition coefficient (Wildman–Crippen LogP) is 4.15. The molecule has 1 aliphatic rings. The first-order valence-electron chi connectivity index (χ1n) is 9.42. The molecule has 2 aromatic rings. The van der Waals surface area contributed by atoms with Gasteiger partial charge in [0.1, 0.15) is 0 Å². The number of rotatable bonds is 8. The zero-order valence-corrected chi connectivity index (χ0v) is 15.5. The van der Waals surface area contributed by atoms with E-state index in [1.165, 1.54) is 17.5 Å². The molecule has 0 aromatic heterocycles. The molecule has 2 aromatic carbocycles. The molecule has 1 aliphatic heterocycles. The summed E-state index contributed by atoms with van der Waals surface area (Å²) in [4.78, 5) is 4.97. The molecule has 1 fully saturated rings. The second-order valence-corrected chi connectivity index (χ2v) is 7.03. The molecule has 0 radical (unpaired) electrons. The Morgan fingerprint density at radius 2 is 1.56 bits per heavy atom. The molecule has 1 saturated heterocycles. The highest BCUT2D eigenvalue weighted by Crippen LogP contribution is 2.20. The standard InChI is InChI=1S/C22H30N2O/c1-3-14-23-17-22(25-18-23)19(2)24(15-20-10-6-4-7-11-20)16-21-12-8-5-9-13-21/h4-13,19,22H,3,14-18H2,1-2H3/t19-,22+/m0/s1. The second kappa shape index (κ2) is 9.14. The Morgan fingerprint density at radius 1 is 1.00 bits per heavy atom. The van der Waals surface area contributed by atoms with E-state index >= 15 is 0 Å². The highest BCUT2D eigenvalue weighted by Gasteiger charge is 2.31. The predicted molar refractivity (Wildman–Crippen MR) is 103 cm³/mol. The summed E-state index contributed by atoms with van der Waals surface area (Å²) in [6, 6.07) is 21.9. The van der Waals surface area contributed by atoms with Crippen LogP contribution < -0.4 is 0 Å². The van der Waals surface area contributed by atoms with Crippen molar-refractivity contribution in [3.63, 3.8) is 0 Å². The van der Waals surface area contributed by atoms with Crippen LogP contribution in [0.25, 0.3) is 0 Å². The number of ether oxygens (including phenoxy) is 1. The van der Waals surface area contributed by atoms with Crippen molar-refractivity contribution < 1.29 is 4.74 Å². The summed E-state index contributed by atoms with van der Waals surface area (Å²) in [5.41, 5.74) is 2.71. The summed E-state index contributed by atoms with van der Waals surface area (Å²) < 4.78 is 6.12. The molecule has 134 valence electrons. The average Bonchev–Trinajstić information content (AvgIpc) is 3.11. The van der Waals surface area contributed by atoms with Crippen molar-refractivity contribution >= 4 is 0 Å². The molecule has 2 atom stereocenters. The molecular formula is C22H30N2O. The van der Waals surface area contributed by atoms with E-state index in [9.17, 15) is 0 Å². The molecule has 3 nitrogen and oxygen atoms in total. The van der Waals surface area contributed by atoms with Crippen LogP contribution in [0, 0.1) is 0 Å². The third kappa shape index (κ3) is 5.15. The van der Waals surface area contributed by atoms with Gasteiger partial charge in [-0.3, -0.25) is 9.80 Å². The molecular weight excluding hydrogens is 308 g/mol. The van der Waals surface area contributed by atoms with E-state index in [4.69, 9.17) is 4.74 Å². The van der Waals surface area contributed by atoms with Crippen molar-refractivity contribution in [2.75, 3.05) is 19.8 Å². The molecule has 25 heavy (non-hydrogen) atoms. The SMILES string of the molecule is CCCN1CO[C@@H]([C@H](C)N(Cc2ccccc2)Cc2ccccc2)C1. The third-order valence-corrected chi connectivity index (χ3v) is 5.02. The highest BCUT2D eigenvalue weighted by atomic mass is 16.5. The number of hydrogen-bond acceptors (Lipinski definition) is 3. The van der Waals surface area contributed by atoms with Gasteiger partial charge in [-0.25, -0.2) is 0 Å². The fourth-order valence-corrected chi connectivity index (χ4v) is 3.54. The van der Waals surface area contributed by atoms with Gasteiger partial charge in [0.05, 0.1) is 12.8 Å². The van der Waals surface area contributed by atoms with Crippen molar-refractivity contribution in [1.29, 1.82) is 0 Å². The first-order chi connectivity index (χ1) is 12.3. The molecule has 0 amide bonds. The van der Waals surface area contributed by atoms with Crippen LogP contribution in [0.15, 0.2) is 60.7 Å². The summed E-state index contributed by atoms with van der Waals surface area (Å²) in [5, 5.41) is 0. The topological polar surface area (TPSA) is 15.7 Å². The van der Waals surface area contributed by atoms with Gasteiger partial charge in [-0.05, 0) is 24.5 Å². The number of nitrogens with zero attached hydrogens (tertiary/aromatic N) is 2. The number of benzene rings is 2. The lowest BCUT2D eigenvalue weighted by Gasteiger charge is -2.32. The van der Waals surface area contributed by atoms with Crippen LogP contribution in [0.5, 0.6) is 0 Å². The Morgan fingerprint density at radius 3 is 2.08 bits per heavy atom. The molecule has 0 spiro atoms. The van der Waals surface area contributed by atoms with Crippen LogP contribution in [0.3, 0.4) is 0 Å². The van der Waals surface area contributed by atoms with E-state index in [0.717, 1.165) is 32.9 Å². The van der Waals surface area contributed by atoms with E-state index in [2.05, 4.69) is 84.3 Å². The van der Waals surface area contributed by atoms with Crippen LogP contribution in [0.4, 0.5) is 0 Å². The maximum absolute atomic E-state index is 6.12. The van der Waals surface area contributed by atoms with Crippen LogP contribution in [-0.4, -0.2) is 41.8 Å². The first-order valence-corrected chi connectivity index (χ1v) is 9.42. The van der Waals surface area contributed by atoms with Gasteiger partial charge in [0.25, 0.3) is 0 Å². The fourth-order valence-electron chi connectivity index (χ4n) is 3.54. The molecule has 3 heteroatoms. The highest BCUT2D eigenvalue weighted by molar-refractivity contribution is 5.17. The van der Waals surface area contributed by atoms with Gasteiger partial charge < -0.3 is 4.74 Å². The van der Waals surface area contributed by atoms with E-state index < -0.39 is 0 Å². The average molecular weight is 338 g/mol. The van der Waals surface area contributed by atoms with E-state index in [1.54, 1.807) is 0 Å². The van der Waals surface area contributed by atoms with Gasteiger partial charge in [-0.2, -0.15) is 0 Å². The smallest absolute Gasteiger partial charge is 0.0996 e. The van der Waals surface area contributed by atoms with Gasteiger partial charge in [-0.15, -0.1) is 0 Å². The molecule has 0 saturated carbocycles. The third-order valence-electron chi connectivity index (χ3n) is 5.02. The zero-order valence-electron chi connectivity index (χ0n) is 15.5. The molecule has 0 N–H and O–H groups in total. The largest absolute Gasteiger partial charge is 0.360 e. The minimum absolute atomic E-state index is 0.277. The summed E-state index contributed by atoms with van der Waals surface area (Å²) in [5.74, 6) is 0.